The zero-order valence-corrected chi connectivity index (χ0v) is 8.91. The van der Waals surface area contributed by atoms with Gasteiger partial charge in [-0.2, -0.15) is 0 Å². The highest BCUT2D eigenvalue weighted by Crippen LogP contribution is 2.27. The van der Waals surface area contributed by atoms with Gasteiger partial charge in [0.05, 0.1) is 18.4 Å². The van der Waals surface area contributed by atoms with E-state index in [2.05, 4.69) is 15.5 Å². The molecule has 2 rings (SSSR count). The van der Waals surface area contributed by atoms with Crippen LogP contribution in [0.5, 0.6) is 0 Å². The molecule has 0 fully saturated rings. The Morgan fingerprint density at radius 3 is 3.00 bits per heavy atom. The molecule has 1 N–H and O–H groups in total. The standard InChI is InChI=1S/C9H10ClN3O2/c1-2-11-5-7-12-13-9(15-7)6-3-4-14-8(6)10/h3-4,11H,2,5H2,1H3. The van der Waals surface area contributed by atoms with Crippen LogP contribution in [0.3, 0.4) is 0 Å². The molecule has 0 spiro atoms. The summed E-state index contributed by atoms with van der Waals surface area (Å²) in [6.45, 7) is 3.41. The second-order valence-electron chi connectivity index (χ2n) is 2.89. The Hall–Kier alpha value is -1.33. The van der Waals surface area contributed by atoms with Crippen LogP contribution in [0, 0.1) is 0 Å². The molecule has 0 saturated carbocycles. The summed E-state index contributed by atoms with van der Waals surface area (Å²) in [6.07, 6.45) is 1.48. The Balaban J connectivity index is 2.17. The maximum atomic E-state index is 5.78. The van der Waals surface area contributed by atoms with Crippen LogP contribution in [-0.4, -0.2) is 16.7 Å². The van der Waals surface area contributed by atoms with Crippen molar-refractivity contribution < 1.29 is 8.83 Å². The zero-order chi connectivity index (χ0) is 10.7. The van der Waals surface area contributed by atoms with Crippen LogP contribution in [0.1, 0.15) is 12.8 Å². The fraction of sp³-hybridized carbons (Fsp3) is 0.333. The first-order valence-corrected chi connectivity index (χ1v) is 4.95. The van der Waals surface area contributed by atoms with Crippen LogP contribution in [-0.2, 0) is 6.54 Å². The Morgan fingerprint density at radius 2 is 2.33 bits per heavy atom. The SMILES string of the molecule is CCNCc1nnc(-c2ccoc2Cl)o1. The maximum absolute atomic E-state index is 5.78. The smallest absolute Gasteiger partial charge is 0.252 e. The van der Waals surface area contributed by atoms with Crippen LogP contribution < -0.4 is 5.32 Å². The van der Waals surface area contributed by atoms with Crippen molar-refractivity contribution in [1.82, 2.24) is 15.5 Å². The summed E-state index contributed by atoms with van der Waals surface area (Å²) in [5.74, 6) is 0.908. The largest absolute Gasteiger partial charge is 0.452 e. The third kappa shape index (κ3) is 2.19. The van der Waals surface area contributed by atoms with E-state index in [9.17, 15) is 0 Å². The lowest BCUT2D eigenvalue weighted by atomic mass is 10.3. The molecule has 0 saturated heterocycles. The number of nitrogens with zero attached hydrogens (tertiary/aromatic N) is 2. The fourth-order valence-electron chi connectivity index (χ4n) is 1.11. The van der Waals surface area contributed by atoms with Gasteiger partial charge >= 0.3 is 0 Å². The molecule has 0 aromatic carbocycles. The number of hydrogen-bond acceptors (Lipinski definition) is 5. The van der Waals surface area contributed by atoms with E-state index in [-0.39, 0.29) is 5.22 Å². The van der Waals surface area contributed by atoms with Gasteiger partial charge in [0.15, 0.2) is 0 Å². The fourth-order valence-corrected chi connectivity index (χ4v) is 1.31. The first kappa shape index (κ1) is 10.2. The summed E-state index contributed by atoms with van der Waals surface area (Å²) in [7, 11) is 0. The van der Waals surface area contributed by atoms with Gasteiger partial charge in [0.25, 0.3) is 5.89 Å². The van der Waals surface area contributed by atoms with Crippen molar-refractivity contribution in [1.29, 1.82) is 0 Å². The molecule has 0 aliphatic carbocycles. The van der Waals surface area contributed by atoms with E-state index in [0.717, 1.165) is 6.54 Å². The van der Waals surface area contributed by atoms with Gasteiger partial charge in [-0.1, -0.05) is 6.92 Å². The van der Waals surface area contributed by atoms with Crippen LogP contribution in [0.2, 0.25) is 5.22 Å². The third-order valence-corrected chi connectivity index (χ3v) is 2.13. The second-order valence-corrected chi connectivity index (χ2v) is 3.23. The van der Waals surface area contributed by atoms with Crippen molar-refractivity contribution in [3.05, 3.63) is 23.4 Å². The van der Waals surface area contributed by atoms with Crippen LogP contribution in [0.25, 0.3) is 11.5 Å². The molecule has 0 aliphatic rings. The molecule has 0 unspecified atom stereocenters. The molecule has 15 heavy (non-hydrogen) atoms. The molecular formula is C9H10ClN3O2. The summed E-state index contributed by atoms with van der Waals surface area (Å²) < 4.78 is 10.3. The van der Waals surface area contributed by atoms with E-state index < -0.39 is 0 Å². The number of hydrogen-bond donors (Lipinski definition) is 1. The Morgan fingerprint density at radius 1 is 1.47 bits per heavy atom. The maximum Gasteiger partial charge on any atom is 0.252 e. The number of rotatable bonds is 4. The highest BCUT2D eigenvalue weighted by atomic mass is 35.5. The lowest BCUT2D eigenvalue weighted by Gasteiger charge is -1.93. The molecule has 2 heterocycles. The summed E-state index contributed by atoms with van der Waals surface area (Å²) in [5.41, 5.74) is 0.618. The second kappa shape index (κ2) is 4.46. The molecule has 2 aromatic rings. The average molecular weight is 228 g/mol. The first-order valence-electron chi connectivity index (χ1n) is 4.57. The molecule has 0 amide bonds. The molecular weight excluding hydrogens is 218 g/mol. The summed E-state index contributed by atoms with van der Waals surface area (Å²) in [6, 6.07) is 1.69. The first-order chi connectivity index (χ1) is 7.31. The van der Waals surface area contributed by atoms with Crippen molar-refractivity contribution in [2.45, 2.75) is 13.5 Å². The normalized spacial score (nSPS) is 10.8. The zero-order valence-electron chi connectivity index (χ0n) is 8.16. The molecule has 80 valence electrons. The number of halogens is 1. The number of aromatic nitrogens is 2. The van der Waals surface area contributed by atoms with Gasteiger partial charge in [-0.15, -0.1) is 10.2 Å². The minimum Gasteiger partial charge on any atom is -0.452 e. The van der Waals surface area contributed by atoms with E-state index in [0.29, 0.717) is 23.9 Å². The summed E-state index contributed by atoms with van der Waals surface area (Å²) >= 11 is 5.78. The van der Waals surface area contributed by atoms with Crippen molar-refractivity contribution in [3.8, 4) is 11.5 Å². The van der Waals surface area contributed by atoms with Crippen LogP contribution in [0.15, 0.2) is 21.2 Å². The monoisotopic (exact) mass is 227 g/mol. The lowest BCUT2D eigenvalue weighted by Crippen LogP contribution is -2.11. The predicted octanol–water partition coefficient (Wildman–Crippen LogP) is 2.09. The van der Waals surface area contributed by atoms with E-state index >= 15 is 0 Å². The van der Waals surface area contributed by atoms with Gasteiger partial charge in [-0.25, -0.2) is 0 Å². The molecule has 0 radical (unpaired) electrons. The molecule has 0 atom stereocenters. The van der Waals surface area contributed by atoms with E-state index in [1.165, 1.54) is 6.26 Å². The molecule has 2 aromatic heterocycles. The Bertz CT molecular complexity index is 438. The predicted molar refractivity (Wildman–Crippen MR) is 54.4 cm³/mol. The van der Waals surface area contributed by atoms with E-state index in [1.807, 2.05) is 6.92 Å². The van der Waals surface area contributed by atoms with E-state index in [4.69, 9.17) is 20.4 Å². The highest BCUT2D eigenvalue weighted by molar-refractivity contribution is 6.31. The third-order valence-electron chi connectivity index (χ3n) is 1.84. The van der Waals surface area contributed by atoms with Crippen molar-refractivity contribution >= 4 is 11.6 Å². The molecule has 5 nitrogen and oxygen atoms in total. The number of furan rings is 1. The summed E-state index contributed by atoms with van der Waals surface area (Å²) in [5, 5.41) is 11.1. The minimum atomic E-state index is 0.258. The van der Waals surface area contributed by atoms with Gasteiger partial charge in [-0.05, 0) is 24.2 Å². The quantitative estimate of drug-likeness (QED) is 0.867. The lowest BCUT2D eigenvalue weighted by molar-refractivity contribution is 0.481. The highest BCUT2D eigenvalue weighted by Gasteiger charge is 2.13. The van der Waals surface area contributed by atoms with Gasteiger partial charge in [0.2, 0.25) is 11.1 Å². The van der Waals surface area contributed by atoms with Crippen LogP contribution >= 0.6 is 11.6 Å². The molecule has 6 heteroatoms. The summed E-state index contributed by atoms with van der Waals surface area (Å²) in [4.78, 5) is 0. The molecule has 0 aliphatic heterocycles. The average Bonchev–Trinajstić information content (AvgIpc) is 2.83. The van der Waals surface area contributed by atoms with Crippen molar-refractivity contribution in [3.63, 3.8) is 0 Å². The number of nitrogens with one attached hydrogen (secondary N) is 1. The van der Waals surface area contributed by atoms with Crippen molar-refractivity contribution in [2.75, 3.05) is 6.54 Å². The van der Waals surface area contributed by atoms with Crippen LogP contribution in [0.4, 0.5) is 0 Å². The molecule has 0 bridgehead atoms. The van der Waals surface area contributed by atoms with Crippen molar-refractivity contribution in [2.24, 2.45) is 0 Å². The Kier molecular flexibility index (Phi) is 3.03. The van der Waals surface area contributed by atoms with Gasteiger partial charge in [0, 0.05) is 0 Å². The van der Waals surface area contributed by atoms with Gasteiger partial charge in [0.1, 0.15) is 0 Å². The van der Waals surface area contributed by atoms with Gasteiger partial charge in [-0.3, -0.25) is 0 Å². The Labute approximate surface area is 91.4 Å². The van der Waals surface area contributed by atoms with E-state index in [1.54, 1.807) is 6.07 Å². The minimum absolute atomic E-state index is 0.258. The van der Waals surface area contributed by atoms with Gasteiger partial charge < -0.3 is 14.2 Å². The topological polar surface area (TPSA) is 64.1 Å².